The summed E-state index contributed by atoms with van der Waals surface area (Å²) in [6, 6.07) is 19.3. The molecule has 0 atom stereocenters. The van der Waals surface area contributed by atoms with Crippen LogP contribution in [0.2, 0.25) is 0 Å². The smallest absolute Gasteiger partial charge is 0.318 e. The number of hydrogen-bond acceptors (Lipinski definition) is 8. The van der Waals surface area contributed by atoms with Crippen molar-refractivity contribution in [2.45, 2.75) is 6.42 Å². The number of aromatic nitrogens is 2. The van der Waals surface area contributed by atoms with Gasteiger partial charge in [-0.25, -0.2) is 0 Å². The number of ether oxygens (including phenoxy) is 4. The molecule has 0 bridgehead atoms. The van der Waals surface area contributed by atoms with Gasteiger partial charge in [0, 0.05) is 36.0 Å². The number of benzene rings is 3. The minimum atomic E-state index is -0.460. The summed E-state index contributed by atoms with van der Waals surface area (Å²) < 4.78 is 22.6. The second kappa shape index (κ2) is 11.4. The number of methoxy groups -OCH3 is 2. The summed E-state index contributed by atoms with van der Waals surface area (Å²) in [7, 11) is 3.25. The van der Waals surface area contributed by atoms with Gasteiger partial charge in [0.1, 0.15) is 5.82 Å². The van der Waals surface area contributed by atoms with Gasteiger partial charge in [-0.05, 0) is 41.5 Å². The van der Waals surface area contributed by atoms with Gasteiger partial charge in [0.25, 0.3) is 0 Å². The van der Waals surface area contributed by atoms with E-state index in [1.807, 2.05) is 48.5 Å². The third-order valence-electron chi connectivity index (χ3n) is 6.53. The van der Waals surface area contributed by atoms with Crippen molar-refractivity contribution in [3.63, 3.8) is 0 Å². The topological polar surface area (TPSA) is 109 Å². The molecule has 1 aliphatic rings. The SMILES string of the molecule is COc1cccc(CCOc2nc(N3CCOCC3)c3cc(-c4cccc(C(N)=O)c4)ccc3n2)c1OC. The highest BCUT2D eigenvalue weighted by atomic mass is 16.5. The normalized spacial score (nSPS) is 13.4. The molecule has 2 N–H and O–H groups in total. The van der Waals surface area contributed by atoms with E-state index in [1.165, 1.54) is 0 Å². The molecule has 0 aliphatic carbocycles. The van der Waals surface area contributed by atoms with Gasteiger partial charge < -0.3 is 29.6 Å². The summed E-state index contributed by atoms with van der Waals surface area (Å²) in [5.74, 6) is 1.71. The van der Waals surface area contributed by atoms with E-state index in [2.05, 4.69) is 4.90 Å². The van der Waals surface area contributed by atoms with Crippen molar-refractivity contribution in [1.29, 1.82) is 0 Å². The zero-order chi connectivity index (χ0) is 26.5. The van der Waals surface area contributed by atoms with Gasteiger partial charge in [0.15, 0.2) is 11.5 Å². The molecular formula is C29H30N4O5. The van der Waals surface area contributed by atoms with Crippen LogP contribution in [0.1, 0.15) is 15.9 Å². The number of carbonyl (C=O) groups is 1. The van der Waals surface area contributed by atoms with E-state index in [0.717, 1.165) is 33.4 Å². The highest BCUT2D eigenvalue weighted by molar-refractivity contribution is 5.96. The maximum absolute atomic E-state index is 11.7. The summed E-state index contributed by atoms with van der Waals surface area (Å²) in [4.78, 5) is 23.4. The van der Waals surface area contributed by atoms with E-state index in [4.69, 9.17) is 34.6 Å². The van der Waals surface area contributed by atoms with Gasteiger partial charge in [-0.15, -0.1) is 0 Å². The van der Waals surface area contributed by atoms with Crippen molar-refractivity contribution in [2.24, 2.45) is 5.73 Å². The highest BCUT2D eigenvalue weighted by Gasteiger charge is 2.19. The molecule has 2 heterocycles. The summed E-state index contributed by atoms with van der Waals surface area (Å²) in [6.07, 6.45) is 0.601. The lowest BCUT2D eigenvalue weighted by Gasteiger charge is -2.29. The summed E-state index contributed by atoms with van der Waals surface area (Å²) in [6.45, 7) is 3.05. The van der Waals surface area contributed by atoms with Crippen LogP contribution in [0.3, 0.4) is 0 Å². The van der Waals surface area contributed by atoms with Crippen molar-refractivity contribution in [3.8, 4) is 28.6 Å². The van der Waals surface area contributed by atoms with Gasteiger partial charge in [0.2, 0.25) is 5.91 Å². The molecule has 196 valence electrons. The van der Waals surface area contributed by atoms with Crippen molar-refractivity contribution in [3.05, 3.63) is 71.8 Å². The maximum Gasteiger partial charge on any atom is 0.318 e. The van der Waals surface area contributed by atoms with Crippen LogP contribution in [0, 0.1) is 0 Å². The first-order valence-electron chi connectivity index (χ1n) is 12.4. The van der Waals surface area contributed by atoms with Crippen molar-refractivity contribution < 1.29 is 23.7 Å². The molecule has 1 amide bonds. The van der Waals surface area contributed by atoms with Gasteiger partial charge in [-0.3, -0.25) is 4.79 Å². The predicted octanol–water partition coefficient (Wildman–Crippen LogP) is 3.87. The first kappa shape index (κ1) is 25.3. The number of morpholine rings is 1. The Morgan fingerprint density at radius 1 is 0.974 bits per heavy atom. The number of nitrogens with two attached hydrogens (primary N) is 1. The quantitative estimate of drug-likeness (QED) is 0.359. The Labute approximate surface area is 221 Å². The van der Waals surface area contributed by atoms with Crippen LogP contribution >= 0.6 is 0 Å². The molecule has 0 unspecified atom stereocenters. The lowest BCUT2D eigenvalue weighted by Crippen LogP contribution is -2.37. The first-order chi connectivity index (χ1) is 18.6. The first-order valence-corrected chi connectivity index (χ1v) is 12.4. The Morgan fingerprint density at radius 2 is 1.76 bits per heavy atom. The number of rotatable bonds is 9. The fourth-order valence-electron chi connectivity index (χ4n) is 4.61. The lowest BCUT2D eigenvalue weighted by molar-refractivity contribution is 0.100. The molecule has 1 aromatic heterocycles. The van der Waals surface area contributed by atoms with Gasteiger partial charge in [0.05, 0.1) is 39.6 Å². The van der Waals surface area contributed by atoms with Crippen molar-refractivity contribution >= 4 is 22.6 Å². The summed E-state index contributed by atoms with van der Waals surface area (Å²) in [5.41, 5.74) is 9.53. The fraction of sp³-hybridized carbons (Fsp3) is 0.276. The monoisotopic (exact) mass is 514 g/mol. The molecule has 0 saturated carbocycles. The van der Waals surface area contributed by atoms with E-state index in [-0.39, 0.29) is 0 Å². The number of primary amides is 1. The largest absolute Gasteiger partial charge is 0.493 e. The number of amides is 1. The molecular weight excluding hydrogens is 484 g/mol. The Bertz CT molecular complexity index is 1450. The number of hydrogen-bond donors (Lipinski definition) is 1. The Morgan fingerprint density at radius 3 is 2.53 bits per heavy atom. The average Bonchev–Trinajstić information content (AvgIpc) is 2.96. The Kier molecular flexibility index (Phi) is 7.55. The molecule has 9 nitrogen and oxygen atoms in total. The van der Waals surface area contributed by atoms with Gasteiger partial charge in [-0.2, -0.15) is 9.97 Å². The second-order valence-corrected chi connectivity index (χ2v) is 8.86. The second-order valence-electron chi connectivity index (χ2n) is 8.86. The molecule has 0 spiro atoms. The molecule has 1 fully saturated rings. The zero-order valence-corrected chi connectivity index (χ0v) is 21.5. The van der Waals surface area contributed by atoms with E-state index in [0.29, 0.717) is 62.4 Å². The van der Waals surface area contributed by atoms with Gasteiger partial charge >= 0.3 is 6.01 Å². The zero-order valence-electron chi connectivity index (χ0n) is 21.5. The van der Waals surface area contributed by atoms with Crippen molar-refractivity contribution in [1.82, 2.24) is 9.97 Å². The number of carbonyl (C=O) groups excluding carboxylic acids is 1. The minimum Gasteiger partial charge on any atom is -0.493 e. The van der Waals surface area contributed by atoms with E-state index in [1.54, 1.807) is 26.4 Å². The third-order valence-corrected chi connectivity index (χ3v) is 6.53. The number of anilines is 1. The molecule has 1 saturated heterocycles. The van der Waals surface area contributed by atoms with Crippen LogP contribution in [-0.4, -0.2) is 63.0 Å². The van der Waals surface area contributed by atoms with Crippen LogP contribution in [0.4, 0.5) is 5.82 Å². The van der Waals surface area contributed by atoms with Crippen LogP contribution in [-0.2, 0) is 11.2 Å². The summed E-state index contributed by atoms with van der Waals surface area (Å²) in [5, 5.41) is 0.899. The Balaban J connectivity index is 1.46. The van der Waals surface area contributed by atoms with E-state index in [9.17, 15) is 4.79 Å². The predicted molar refractivity (Wildman–Crippen MR) is 145 cm³/mol. The van der Waals surface area contributed by atoms with Gasteiger partial charge in [-0.1, -0.05) is 30.3 Å². The van der Waals surface area contributed by atoms with E-state index >= 15 is 0 Å². The molecule has 9 heteroatoms. The number of nitrogens with zero attached hydrogens (tertiary/aromatic N) is 3. The minimum absolute atomic E-state index is 0.310. The third kappa shape index (κ3) is 5.33. The molecule has 3 aromatic carbocycles. The maximum atomic E-state index is 11.7. The molecule has 4 aromatic rings. The lowest BCUT2D eigenvalue weighted by atomic mass is 10.0. The standard InChI is InChI=1S/C29H30N4O5/c1-35-25-8-4-5-19(26(25)36-2)11-14-38-29-31-24-10-9-21(20-6-3-7-22(17-20)27(30)34)18-23(24)28(32-29)33-12-15-37-16-13-33/h3-10,17-18H,11-16H2,1-2H3,(H2,30,34). The van der Waals surface area contributed by atoms with Crippen LogP contribution in [0.5, 0.6) is 17.5 Å². The Hall–Kier alpha value is -4.37. The molecule has 1 aliphatic heterocycles. The fourth-order valence-corrected chi connectivity index (χ4v) is 4.61. The summed E-state index contributed by atoms with van der Waals surface area (Å²) >= 11 is 0. The van der Waals surface area contributed by atoms with E-state index < -0.39 is 5.91 Å². The van der Waals surface area contributed by atoms with Crippen LogP contribution < -0.4 is 24.8 Å². The number of para-hydroxylation sites is 1. The van der Waals surface area contributed by atoms with Crippen molar-refractivity contribution in [2.75, 3.05) is 52.0 Å². The highest BCUT2D eigenvalue weighted by Crippen LogP contribution is 2.33. The molecule has 38 heavy (non-hydrogen) atoms. The average molecular weight is 515 g/mol. The molecule has 0 radical (unpaired) electrons. The number of fused-ring (bicyclic) bond motifs is 1. The molecule has 5 rings (SSSR count). The van der Waals surface area contributed by atoms with Crippen LogP contribution in [0.25, 0.3) is 22.0 Å². The van der Waals surface area contributed by atoms with Crippen LogP contribution in [0.15, 0.2) is 60.7 Å².